The highest BCUT2D eigenvalue weighted by Crippen LogP contribution is 2.31. The molecule has 0 aliphatic heterocycles. The van der Waals surface area contributed by atoms with Crippen molar-refractivity contribution in [1.82, 2.24) is 10.3 Å². The number of rotatable bonds is 14. The molecule has 2 N–H and O–H groups in total. The lowest BCUT2D eigenvalue weighted by Crippen LogP contribution is -2.18. The number of benzene rings is 1. The number of hydrogen-bond acceptors (Lipinski definition) is 5. The molecule has 0 aliphatic rings. The van der Waals surface area contributed by atoms with Crippen molar-refractivity contribution < 1.29 is 22.8 Å². The summed E-state index contributed by atoms with van der Waals surface area (Å²) in [7, 11) is -2.56. The predicted molar refractivity (Wildman–Crippen MR) is 120 cm³/mol. The standard InChI is InChI=1S/C22H29F2N2O3PS/c1-22(2,18-8-3-4-9-19(18)23)10-5-6-13-31-21-16-26-17(14-20(21)24)15-25-11-7-12-29-30(27)28/h3-4,8-9,14,16,25H,5-7,10-13,15H2,1-2H3/p+1. The first-order valence-electron chi connectivity index (χ1n) is 10.3. The van der Waals surface area contributed by atoms with Crippen molar-refractivity contribution in [3.05, 3.63) is 59.4 Å². The van der Waals surface area contributed by atoms with Crippen molar-refractivity contribution in [2.24, 2.45) is 0 Å². The molecule has 0 bridgehead atoms. The van der Waals surface area contributed by atoms with Crippen LogP contribution >= 0.6 is 20.0 Å². The van der Waals surface area contributed by atoms with E-state index >= 15 is 0 Å². The molecule has 1 heterocycles. The Bertz CT molecular complexity index is 855. The monoisotopic (exact) mass is 471 g/mol. The first-order valence-corrected chi connectivity index (χ1v) is 12.4. The number of halogens is 2. The number of nitrogens with zero attached hydrogens (tertiary/aromatic N) is 1. The van der Waals surface area contributed by atoms with E-state index in [1.54, 1.807) is 12.3 Å². The van der Waals surface area contributed by atoms with Gasteiger partial charge in [-0.05, 0) is 54.7 Å². The molecular weight excluding hydrogens is 441 g/mol. The van der Waals surface area contributed by atoms with E-state index < -0.39 is 8.25 Å². The highest BCUT2D eigenvalue weighted by Gasteiger charge is 2.23. The SMILES string of the molecule is CC(C)(CCCCSc1cnc(CNCCCO[P+](=O)O)cc1F)c1ccccc1F. The molecule has 5 nitrogen and oxygen atoms in total. The average Bonchev–Trinajstić information content (AvgIpc) is 2.71. The molecule has 0 saturated carbocycles. The molecule has 0 amide bonds. The summed E-state index contributed by atoms with van der Waals surface area (Å²) in [5.41, 5.74) is 1.10. The summed E-state index contributed by atoms with van der Waals surface area (Å²) in [4.78, 5) is 13.3. The lowest BCUT2D eigenvalue weighted by molar-refractivity contribution is 0.276. The molecule has 170 valence electrons. The highest BCUT2D eigenvalue weighted by atomic mass is 32.2. The molecule has 0 radical (unpaired) electrons. The van der Waals surface area contributed by atoms with Crippen LogP contribution in [0.1, 0.15) is 50.8 Å². The van der Waals surface area contributed by atoms with Crippen molar-refractivity contribution in [1.29, 1.82) is 0 Å². The number of aromatic nitrogens is 1. The van der Waals surface area contributed by atoms with Gasteiger partial charge in [0, 0.05) is 17.3 Å². The largest absolute Gasteiger partial charge is 0.694 e. The Hall–Kier alpha value is -1.44. The normalized spacial score (nSPS) is 12.2. The molecule has 1 aromatic carbocycles. The van der Waals surface area contributed by atoms with E-state index in [0.717, 1.165) is 30.6 Å². The fraction of sp³-hybridized carbons (Fsp3) is 0.500. The third-order valence-corrected chi connectivity index (χ3v) is 6.45. The van der Waals surface area contributed by atoms with Gasteiger partial charge in [0.15, 0.2) is 0 Å². The summed E-state index contributed by atoms with van der Waals surface area (Å²) in [5, 5.41) is 3.09. The van der Waals surface area contributed by atoms with Gasteiger partial charge >= 0.3 is 8.25 Å². The maximum atomic E-state index is 14.3. The Morgan fingerprint density at radius 1 is 1.19 bits per heavy atom. The Labute approximate surface area is 188 Å². The predicted octanol–water partition coefficient (Wildman–Crippen LogP) is 5.75. The van der Waals surface area contributed by atoms with Crippen molar-refractivity contribution in [3.63, 3.8) is 0 Å². The van der Waals surface area contributed by atoms with E-state index in [2.05, 4.69) is 28.7 Å². The van der Waals surface area contributed by atoms with Crippen LogP contribution in [0.4, 0.5) is 8.78 Å². The van der Waals surface area contributed by atoms with Crippen LogP contribution in [0.2, 0.25) is 0 Å². The number of hydrogen-bond donors (Lipinski definition) is 2. The molecule has 0 spiro atoms. The van der Waals surface area contributed by atoms with E-state index in [1.165, 1.54) is 23.9 Å². The number of thioether (sulfide) groups is 1. The summed E-state index contributed by atoms with van der Waals surface area (Å²) in [5.74, 6) is 0.320. The van der Waals surface area contributed by atoms with Gasteiger partial charge in [-0.15, -0.1) is 21.2 Å². The van der Waals surface area contributed by atoms with E-state index in [-0.39, 0.29) is 23.7 Å². The fourth-order valence-corrected chi connectivity index (χ4v) is 4.39. The Kier molecular flexibility index (Phi) is 11.0. The van der Waals surface area contributed by atoms with Gasteiger partial charge in [-0.1, -0.05) is 38.5 Å². The second-order valence-corrected chi connectivity index (χ2v) is 9.75. The van der Waals surface area contributed by atoms with Gasteiger partial charge in [0.2, 0.25) is 0 Å². The van der Waals surface area contributed by atoms with E-state index in [4.69, 9.17) is 4.89 Å². The van der Waals surface area contributed by atoms with Crippen LogP contribution in [-0.2, 0) is 21.0 Å². The van der Waals surface area contributed by atoms with Crippen molar-refractivity contribution in [2.45, 2.75) is 56.4 Å². The lowest BCUT2D eigenvalue weighted by Gasteiger charge is -2.25. The molecule has 31 heavy (non-hydrogen) atoms. The van der Waals surface area contributed by atoms with Crippen LogP contribution in [0.5, 0.6) is 0 Å². The summed E-state index contributed by atoms with van der Waals surface area (Å²) in [6.45, 7) is 5.28. The molecule has 2 rings (SSSR count). The molecule has 1 atom stereocenters. The molecule has 0 aliphatic carbocycles. The maximum absolute atomic E-state index is 14.3. The summed E-state index contributed by atoms with van der Waals surface area (Å²) in [6.07, 6.45) is 4.83. The fourth-order valence-electron chi connectivity index (χ4n) is 3.21. The Morgan fingerprint density at radius 3 is 2.68 bits per heavy atom. The van der Waals surface area contributed by atoms with Gasteiger partial charge < -0.3 is 5.32 Å². The van der Waals surface area contributed by atoms with E-state index in [1.807, 2.05) is 12.1 Å². The van der Waals surface area contributed by atoms with Crippen LogP contribution in [0.15, 0.2) is 41.4 Å². The Morgan fingerprint density at radius 2 is 1.97 bits per heavy atom. The molecule has 0 saturated heterocycles. The smallest absolute Gasteiger partial charge is 0.311 e. The highest BCUT2D eigenvalue weighted by molar-refractivity contribution is 7.99. The number of pyridine rings is 1. The zero-order valence-electron chi connectivity index (χ0n) is 17.9. The zero-order valence-corrected chi connectivity index (χ0v) is 19.7. The first-order chi connectivity index (χ1) is 14.8. The van der Waals surface area contributed by atoms with Crippen LogP contribution in [0.3, 0.4) is 0 Å². The van der Waals surface area contributed by atoms with Crippen LogP contribution in [-0.4, -0.2) is 28.8 Å². The quantitative estimate of drug-likeness (QED) is 0.208. The molecular formula is C22H30F2N2O3PS+. The van der Waals surface area contributed by atoms with Crippen LogP contribution in [0, 0.1) is 11.6 Å². The molecule has 0 fully saturated rings. The number of unbranched alkanes of at least 4 members (excludes halogenated alkanes) is 1. The maximum Gasteiger partial charge on any atom is 0.694 e. The zero-order chi connectivity index (χ0) is 22.7. The third kappa shape index (κ3) is 9.29. The van der Waals surface area contributed by atoms with Gasteiger partial charge in [-0.3, -0.25) is 4.98 Å². The summed E-state index contributed by atoms with van der Waals surface area (Å²) < 4.78 is 43.3. The van der Waals surface area contributed by atoms with Gasteiger partial charge in [-0.25, -0.2) is 8.78 Å². The molecule has 9 heteroatoms. The third-order valence-electron chi connectivity index (χ3n) is 4.94. The Balaban J connectivity index is 1.68. The van der Waals surface area contributed by atoms with Crippen molar-refractivity contribution in [3.8, 4) is 0 Å². The number of nitrogens with one attached hydrogen (secondary N) is 1. The van der Waals surface area contributed by atoms with Crippen LogP contribution in [0.25, 0.3) is 0 Å². The van der Waals surface area contributed by atoms with Crippen molar-refractivity contribution >= 4 is 20.0 Å². The minimum atomic E-state index is -2.56. The van der Waals surface area contributed by atoms with E-state index in [0.29, 0.717) is 30.1 Å². The minimum Gasteiger partial charge on any atom is -0.311 e. The summed E-state index contributed by atoms with van der Waals surface area (Å²) >= 11 is 1.44. The molecule has 1 aromatic heterocycles. The summed E-state index contributed by atoms with van der Waals surface area (Å²) in [6, 6.07) is 8.33. The van der Waals surface area contributed by atoms with Crippen LogP contribution < -0.4 is 5.32 Å². The second-order valence-electron chi connectivity index (χ2n) is 7.88. The van der Waals surface area contributed by atoms with Gasteiger partial charge in [0.1, 0.15) is 18.2 Å². The second kappa shape index (κ2) is 13.2. The molecule has 1 unspecified atom stereocenters. The average molecular weight is 472 g/mol. The lowest BCUT2D eigenvalue weighted by atomic mass is 9.80. The van der Waals surface area contributed by atoms with Crippen molar-refractivity contribution in [2.75, 3.05) is 18.9 Å². The van der Waals surface area contributed by atoms with E-state index in [9.17, 15) is 13.3 Å². The topological polar surface area (TPSA) is 71.5 Å². The molecule has 2 aromatic rings. The van der Waals surface area contributed by atoms with Gasteiger partial charge in [0.25, 0.3) is 0 Å². The minimum absolute atomic E-state index is 0.167. The first kappa shape index (κ1) is 25.8. The van der Waals surface area contributed by atoms with Gasteiger partial charge in [-0.2, -0.15) is 0 Å². The van der Waals surface area contributed by atoms with Gasteiger partial charge in [0.05, 0.1) is 10.6 Å².